The van der Waals surface area contributed by atoms with Gasteiger partial charge in [0.1, 0.15) is 11.6 Å². The third-order valence-corrected chi connectivity index (χ3v) is 8.30. The van der Waals surface area contributed by atoms with Crippen molar-refractivity contribution < 1.29 is 18.0 Å². The lowest BCUT2D eigenvalue weighted by atomic mass is 9.84. The molecule has 8 nitrogen and oxygen atoms in total. The van der Waals surface area contributed by atoms with Crippen LogP contribution in [0.25, 0.3) is 11.1 Å². The number of anilines is 2. The number of hydrogen-bond acceptors (Lipinski definition) is 7. The normalized spacial score (nSPS) is 23.3. The number of amides is 1. The van der Waals surface area contributed by atoms with Gasteiger partial charge in [-0.25, -0.2) is 15.0 Å². The number of aromatic nitrogens is 3. The molecule has 3 heterocycles. The highest BCUT2D eigenvalue weighted by Gasteiger charge is 2.38. The first-order valence-corrected chi connectivity index (χ1v) is 14.0. The number of primary amides is 1. The molecular weight excluding hydrogens is 531 g/mol. The Balaban J connectivity index is 1.31. The van der Waals surface area contributed by atoms with Gasteiger partial charge < -0.3 is 20.9 Å². The first-order valence-electron chi connectivity index (χ1n) is 14.0. The number of hydrogen-bond donors (Lipinski definition) is 2. The lowest BCUT2D eigenvalue weighted by Gasteiger charge is -2.47. The molecule has 0 radical (unpaired) electrons. The van der Waals surface area contributed by atoms with Crippen LogP contribution in [0.5, 0.6) is 0 Å². The van der Waals surface area contributed by atoms with Crippen molar-refractivity contribution >= 4 is 17.5 Å². The van der Waals surface area contributed by atoms with E-state index < -0.39 is 17.8 Å². The zero-order valence-corrected chi connectivity index (χ0v) is 23.4. The van der Waals surface area contributed by atoms with E-state index in [1.165, 1.54) is 6.20 Å². The molecule has 2 fully saturated rings. The predicted octanol–water partition coefficient (Wildman–Crippen LogP) is 5.05. The summed E-state index contributed by atoms with van der Waals surface area (Å²) in [6.07, 6.45) is 5.45. The number of benzene rings is 1. The van der Waals surface area contributed by atoms with Crippen molar-refractivity contribution in [1.29, 1.82) is 0 Å². The summed E-state index contributed by atoms with van der Waals surface area (Å²) < 4.78 is 38.9. The number of rotatable bonds is 7. The van der Waals surface area contributed by atoms with Gasteiger partial charge in [-0.3, -0.25) is 4.79 Å². The second-order valence-electron chi connectivity index (χ2n) is 11.4. The second-order valence-corrected chi connectivity index (χ2v) is 11.4. The zero-order valence-electron chi connectivity index (χ0n) is 23.4. The highest BCUT2D eigenvalue weighted by molar-refractivity contribution is 5.94. The van der Waals surface area contributed by atoms with Crippen LogP contribution in [0.2, 0.25) is 0 Å². The molecule has 5 rings (SSSR count). The van der Waals surface area contributed by atoms with Gasteiger partial charge in [-0.1, -0.05) is 25.0 Å². The van der Waals surface area contributed by atoms with E-state index in [2.05, 4.69) is 39.1 Å². The van der Waals surface area contributed by atoms with E-state index in [1.54, 1.807) is 18.3 Å². The third kappa shape index (κ3) is 6.61. The number of alkyl halides is 3. The number of carbonyl (C=O) groups excluding carboxylic acids is 1. The van der Waals surface area contributed by atoms with Crippen molar-refractivity contribution in [3.05, 3.63) is 66.2 Å². The number of nitrogens with zero attached hydrogens (tertiary/aromatic N) is 5. The summed E-state index contributed by atoms with van der Waals surface area (Å²) in [7, 11) is 2.07. The molecule has 3 unspecified atom stereocenters. The van der Waals surface area contributed by atoms with Crippen molar-refractivity contribution in [1.82, 2.24) is 20.3 Å². The summed E-state index contributed by atoms with van der Waals surface area (Å²) in [4.78, 5) is 28.3. The van der Waals surface area contributed by atoms with Gasteiger partial charge in [-0.2, -0.15) is 13.2 Å². The number of likely N-dealkylation sites (N-methyl/N-ethyl adjacent to an activating group) is 1. The predicted molar refractivity (Wildman–Crippen MR) is 153 cm³/mol. The minimum atomic E-state index is -4.51. The van der Waals surface area contributed by atoms with E-state index in [0.29, 0.717) is 17.9 Å². The molecule has 3 atom stereocenters. The molecule has 2 aliphatic rings. The largest absolute Gasteiger partial charge is 0.434 e. The SMILES string of the molecule is CN(c1cc(-c2cccc(C(N)=O)c2)ccn1)C1CCCCC1NC1(C)CCCN(c2cnc(C(F)(F)F)cn2)C1. The van der Waals surface area contributed by atoms with E-state index in [-0.39, 0.29) is 17.6 Å². The number of nitrogens with two attached hydrogens (primary N) is 1. The zero-order chi connectivity index (χ0) is 29.2. The van der Waals surface area contributed by atoms with Crippen LogP contribution in [0.15, 0.2) is 55.0 Å². The molecule has 1 aliphatic carbocycles. The van der Waals surface area contributed by atoms with Crippen molar-refractivity contribution in [2.75, 3.05) is 29.9 Å². The molecule has 1 saturated carbocycles. The van der Waals surface area contributed by atoms with E-state index in [9.17, 15) is 18.0 Å². The minimum Gasteiger partial charge on any atom is -0.366 e. The fraction of sp³-hybridized carbons (Fsp3) is 0.467. The standard InChI is InChI=1S/C30H36F3N7O/c1-29(12-6-14-40(19-29)27-18-36-25(17-37-27)30(31,32)33)38-23-9-3-4-10-24(23)39(2)26-16-21(11-13-35-26)20-7-5-8-22(15-20)28(34)41/h5,7-8,11,13,15-18,23-24,38H,3-4,6,9-10,12,14,19H2,1-2H3,(H2,34,41). The highest BCUT2D eigenvalue weighted by atomic mass is 19.4. The number of nitrogens with one attached hydrogen (secondary N) is 1. The fourth-order valence-corrected chi connectivity index (χ4v) is 6.19. The Kier molecular flexibility index (Phi) is 8.17. The van der Waals surface area contributed by atoms with Crippen LogP contribution in [0.4, 0.5) is 24.8 Å². The van der Waals surface area contributed by atoms with Crippen molar-refractivity contribution in [2.24, 2.45) is 5.73 Å². The molecule has 0 bridgehead atoms. The molecule has 1 aliphatic heterocycles. The average molecular weight is 568 g/mol. The lowest BCUT2D eigenvalue weighted by molar-refractivity contribution is -0.141. The summed E-state index contributed by atoms with van der Waals surface area (Å²) in [5, 5.41) is 3.95. The molecule has 218 valence electrons. The third-order valence-electron chi connectivity index (χ3n) is 8.30. The maximum absolute atomic E-state index is 13.0. The van der Waals surface area contributed by atoms with Crippen LogP contribution in [-0.2, 0) is 6.18 Å². The molecule has 1 amide bonds. The molecule has 1 aromatic carbocycles. The second kappa shape index (κ2) is 11.6. The van der Waals surface area contributed by atoms with Crippen LogP contribution in [-0.4, -0.2) is 58.6 Å². The van der Waals surface area contributed by atoms with E-state index >= 15 is 0 Å². The van der Waals surface area contributed by atoms with E-state index in [0.717, 1.165) is 68.2 Å². The van der Waals surface area contributed by atoms with Crippen LogP contribution >= 0.6 is 0 Å². The van der Waals surface area contributed by atoms with Gasteiger partial charge in [0.25, 0.3) is 0 Å². The number of pyridine rings is 1. The van der Waals surface area contributed by atoms with Crippen LogP contribution in [0.1, 0.15) is 61.5 Å². The van der Waals surface area contributed by atoms with Crippen LogP contribution in [0, 0.1) is 0 Å². The summed E-state index contributed by atoms with van der Waals surface area (Å²) in [6, 6.07) is 11.7. The van der Waals surface area contributed by atoms with E-state index in [1.807, 2.05) is 29.2 Å². The first-order chi connectivity index (χ1) is 19.5. The topological polar surface area (TPSA) is 100 Å². The highest BCUT2D eigenvalue weighted by Crippen LogP contribution is 2.33. The van der Waals surface area contributed by atoms with Gasteiger partial charge in [0.2, 0.25) is 5.91 Å². The number of carbonyl (C=O) groups is 1. The number of halogens is 3. The quantitative estimate of drug-likeness (QED) is 0.412. The smallest absolute Gasteiger partial charge is 0.366 e. The molecule has 2 aromatic heterocycles. The Morgan fingerprint density at radius 2 is 1.85 bits per heavy atom. The van der Waals surface area contributed by atoms with Gasteiger partial charge in [0.05, 0.1) is 12.4 Å². The van der Waals surface area contributed by atoms with Crippen molar-refractivity contribution in [2.45, 2.75) is 69.2 Å². The van der Waals surface area contributed by atoms with Crippen LogP contribution < -0.4 is 20.9 Å². The molecule has 41 heavy (non-hydrogen) atoms. The molecule has 1 saturated heterocycles. The minimum absolute atomic E-state index is 0.209. The van der Waals surface area contributed by atoms with E-state index in [4.69, 9.17) is 5.73 Å². The van der Waals surface area contributed by atoms with Gasteiger partial charge in [-0.15, -0.1) is 0 Å². The summed E-state index contributed by atoms with van der Waals surface area (Å²) >= 11 is 0. The Morgan fingerprint density at radius 3 is 2.59 bits per heavy atom. The summed E-state index contributed by atoms with van der Waals surface area (Å²) in [5.74, 6) is 0.847. The average Bonchev–Trinajstić information content (AvgIpc) is 2.96. The van der Waals surface area contributed by atoms with Gasteiger partial charge in [-0.05, 0) is 68.0 Å². The van der Waals surface area contributed by atoms with Crippen LogP contribution in [0.3, 0.4) is 0 Å². The molecule has 3 N–H and O–H groups in total. The molecule has 11 heteroatoms. The lowest BCUT2D eigenvalue weighted by Crippen LogP contribution is -2.63. The number of piperidine rings is 1. The van der Waals surface area contributed by atoms with Gasteiger partial charge in [0, 0.05) is 49.5 Å². The van der Waals surface area contributed by atoms with Gasteiger partial charge in [0.15, 0.2) is 5.69 Å². The maximum Gasteiger partial charge on any atom is 0.434 e. The summed E-state index contributed by atoms with van der Waals surface area (Å²) in [5.41, 5.74) is 6.58. The van der Waals surface area contributed by atoms with Crippen molar-refractivity contribution in [3.63, 3.8) is 0 Å². The first kappa shape index (κ1) is 28.8. The fourth-order valence-electron chi connectivity index (χ4n) is 6.19. The Morgan fingerprint density at radius 1 is 1.07 bits per heavy atom. The van der Waals surface area contributed by atoms with Gasteiger partial charge >= 0.3 is 6.18 Å². The summed E-state index contributed by atoms with van der Waals surface area (Å²) in [6.45, 7) is 3.54. The molecule has 0 spiro atoms. The Hall–Kier alpha value is -3.73. The monoisotopic (exact) mass is 567 g/mol. The van der Waals surface area contributed by atoms with Crippen molar-refractivity contribution in [3.8, 4) is 11.1 Å². The Bertz CT molecular complexity index is 1370. The Labute approximate surface area is 238 Å². The molecular formula is C30H36F3N7O. The maximum atomic E-state index is 13.0. The molecule has 3 aromatic rings.